The van der Waals surface area contributed by atoms with Gasteiger partial charge in [0.25, 0.3) is 10.0 Å². The van der Waals surface area contributed by atoms with Crippen LogP contribution < -0.4 is 10.0 Å². The number of sulfonamides is 1. The lowest BCUT2D eigenvalue weighted by molar-refractivity contribution is 0.601. The van der Waals surface area contributed by atoms with Crippen LogP contribution in [0.2, 0.25) is 0 Å². The maximum Gasteiger partial charge on any atom is 0.261 e. The predicted molar refractivity (Wildman–Crippen MR) is 82.6 cm³/mol. The number of aryl methyl sites for hydroxylation is 1. The Morgan fingerprint density at radius 1 is 1.00 bits per heavy atom. The maximum atomic E-state index is 12.3. The number of hydrogen-bond acceptors (Lipinski definition) is 3. The number of para-hydroxylation sites is 1. The summed E-state index contributed by atoms with van der Waals surface area (Å²) in [7, 11) is -3.55. The first kappa shape index (κ1) is 14.4. The zero-order valence-corrected chi connectivity index (χ0v) is 12.4. The molecule has 0 radical (unpaired) electrons. The third-order valence-corrected chi connectivity index (χ3v) is 4.32. The van der Waals surface area contributed by atoms with Crippen LogP contribution in [0.15, 0.2) is 53.4 Å². The summed E-state index contributed by atoms with van der Waals surface area (Å²) in [4.78, 5) is 0.252. The van der Waals surface area contributed by atoms with E-state index >= 15 is 0 Å². The lowest BCUT2D eigenvalue weighted by Crippen LogP contribution is -2.13. The van der Waals surface area contributed by atoms with Crippen molar-refractivity contribution in [3.8, 4) is 0 Å². The molecule has 0 saturated heterocycles. The minimum Gasteiger partial charge on any atom is -0.385 e. The molecule has 0 fully saturated rings. The van der Waals surface area contributed by atoms with Gasteiger partial charge >= 0.3 is 0 Å². The molecule has 4 nitrogen and oxygen atoms in total. The second-order valence-electron chi connectivity index (χ2n) is 4.48. The molecule has 2 aromatic carbocycles. The first-order valence-corrected chi connectivity index (χ1v) is 7.93. The SMILES string of the molecule is CCNc1ccc(S(=O)(=O)Nc2ccccc2C)cc1. The molecule has 2 aromatic rings. The van der Waals surface area contributed by atoms with Crippen molar-refractivity contribution in [2.45, 2.75) is 18.7 Å². The fourth-order valence-electron chi connectivity index (χ4n) is 1.85. The molecular weight excluding hydrogens is 272 g/mol. The van der Waals surface area contributed by atoms with E-state index in [9.17, 15) is 8.42 Å². The Bertz CT molecular complexity index is 679. The molecule has 0 aliphatic carbocycles. The molecule has 0 heterocycles. The normalized spacial score (nSPS) is 11.1. The van der Waals surface area contributed by atoms with Crippen molar-refractivity contribution in [1.29, 1.82) is 0 Å². The molecule has 0 amide bonds. The fraction of sp³-hybridized carbons (Fsp3) is 0.200. The van der Waals surface area contributed by atoms with Crippen molar-refractivity contribution in [3.05, 3.63) is 54.1 Å². The number of hydrogen-bond donors (Lipinski definition) is 2. The average Bonchev–Trinajstić information content (AvgIpc) is 2.42. The van der Waals surface area contributed by atoms with E-state index in [1.165, 1.54) is 0 Å². The van der Waals surface area contributed by atoms with Crippen LogP contribution in [-0.4, -0.2) is 15.0 Å². The van der Waals surface area contributed by atoms with Crippen LogP contribution in [0.3, 0.4) is 0 Å². The Balaban J connectivity index is 2.24. The largest absolute Gasteiger partial charge is 0.385 e. The highest BCUT2D eigenvalue weighted by molar-refractivity contribution is 7.92. The fourth-order valence-corrected chi connectivity index (χ4v) is 2.98. The number of benzene rings is 2. The molecule has 0 aliphatic rings. The Morgan fingerprint density at radius 3 is 2.25 bits per heavy atom. The van der Waals surface area contributed by atoms with E-state index in [-0.39, 0.29) is 4.90 Å². The zero-order valence-electron chi connectivity index (χ0n) is 11.6. The Kier molecular flexibility index (Phi) is 4.29. The summed E-state index contributed by atoms with van der Waals surface area (Å²) in [5.41, 5.74) is 2.39. The topological polar surface area (TPSA) is 58.2 Å². The predicted octanol–water partition coefficient (Wildman–Crippen LogP) is 3.23. The summed E-state index contributed by atoms with van der Waals surface area (Å²) in [6.07, 6.45) is 0. The van der Waals surface area contributed by atoms with Gasteiger partial charge in [0, 0.05) is 12.2 Å². The van der Waals surface area contributed by atoms with Crippen molar-refractivity contribution < 1.29 is 8.42 Å². The van der Waals surface area contributed by atoms with Gasteiger partial charge in [0.2, 0.25) is 0 Å². The number of anilines is 2. The van der Waals surface area contributed by atoms with Crippen molar-refractivity contribution >= 4 is 21.4 Å². The third kappa shape index (κ3) is 3.30. The van der Waals surface area contributed by atoms with E-state index in [0.29, 0.717) is 5.69 Å². The minimum atomic E-state index is -3.55. The van der Waals surface area contributed by atoms with Crippen LogP contribution in [0.1, 0.15) is 12.5 Å². The summed E-state index contributed by atoms with van der Waals surface area (Å²) in [5, 5.41) is 3.13. The molecule has 106 valence electrons. The molecule has 0 saturated carbocycles. The van der Waals surface area contributed by atoms with E-state index in [0.717, 1.165) is 17.8 Å². The lowest BCUT2D eigenvalue weighted by atomic mass is 10.2. The van der Waals surface area contributed by atoms with E-state index < -0.39 is 10.0 Å². The lowest BCUT2D eigenvalue weighted by Gasteiger charge is -2.11. The second kappa shape index (κ2) is 5.96. The maximum absolute atomic E-state index is 12.3. The molecule has 5 heteroatoms. The highest BCUT2D eigenvalue weighted by atomic mass is 32.2. The van der Waals surface area contributed by atoms with Gasteiger partial charge in [-0.05, 0) is 49.7 Å². The third-order valence-electron chi connectivity index (χ3n) is 2.93. The summed E-state index contributed by atoms with van der Waals surface area (Å²) < 4.78 is 27.2. The van der Waals surface area contributed by atoms with Crippen molar-refractivity contribution in [3.63, 3.8) is 0 Å². The molecule has 0 atom stereocenters. The van der Waals surface area contributed by atoms with E-state index in [1.54, 1.807) is 36.4 Å². The molecule has 0 aliphatic heterocycles. The molecule has 0 spiro atoms. The van der Waals surface area contributed by atoms with Gasteiger partial charge in [-0.25, -0.2) is 8.42 Å². The zero-order chi connectivity index (χ0) is 14.6. The summed E-state index contributed by atoms with van der Waals surface area (Å²) in [6, 6.07) is 14.0. The highest BCUT2D eigenvalue weighted by Crippen LogP contribution is 2.20. The van der Waals surface area contributed by atoms with E-state index in [4.69, 9.17) is 0 Å². The Labute approximate surface area is 119 Å². The van der Waals surface area contributed by atoms with E-state index in [1.807, 2.05) is 26.0 Å². The molecule has 0 bridgehead atoms. The van der Waals surface area contributed by atoms with E-state index in [2.05, 4.69) is 10.0 Å². The van der Waals surface area contributed by atoms with Gasteiger partial charge in [0.05, 0.1) is 10.6 Å². The molecule has 0 aromatic heterocycles. The molecule has 20 heavy (non-hydrogen) atoms. The number of nitrogens with one attached hydrogen (secondary N) is 2. The van der Waals surface area contributed by atoms with Crippen LogP contribution in [0.25, 0.3) is 0 Å². The summed E-state index contributed by atoms with van der Waals surface area (Å²) in [6.45, 7) is 4.66. The monoisotopic (exact) mass is 290 g/mol. The first-order chi connectivity index (χ1) is 9.53. The van der Waals surface area contributed by atoms with Gasteiger partial charge in [-0.1, -0.05) is 18.2 Å². The van der Waals surface area contributed by atoms with Crippen LogP contribution in [0, 0.1) is 6.92 Å². The quantitative estimate of drug-likeness (QED) is 0.889. The Hall–Kier alpha value is -2.01. The summed E-state index contributed by atoms with van der Waals surface area (Å²) >= 11 is 0. The van der Waals surface area contributed by atoms with Gasteiger partial charge in [0.15, 0.2) is 0 Å². The van der Waals surface area contributed by atoms with Crippen LogP contribution in [-0.2, 0) is 10.0 Å². The molecule has 0 unspecified atom stereocenters. The smallest absolute Gasteiger partial charge is 0.261 e. The highest BCUT2D eigenvalue weighted by Gasteiger charge is 2.14. The first-order valence-electron chi connectivity index (χ1n) is 6.45. The van der Waals surface area contributed by atoms with Crippen LogP contribution in [0.5, 0.6) is 0 Å². The second-order valence-corrected chi connectivity index (χ2v) is 6.16. The average molecular weight is 290 g/mol. The van der Waals surface area contributed by atoms with Crippen molar-refractivity contribution in [1.82, 2.24) is 0 Å². The standard InChI is InChI=1S/C15H18N2O2S/c1-3-16-13-8-10-14(11-9-13)20(18,19)17-15-7-5-4-6-12(15)2/h4-11,16-17H,3H2,1-2H3. The summed E-state index contributed by atoms with van der Waals surface area (Å²) in [5.74, 6) is 0. The number of rotatable bonds is 5. The van der Waals surface area contributed by atoms with Crippen molar-refractivity contribution in [2.24, 2.45) is 0 Å². The molecule has 2 N–H and O–H groups in total. The Morgan fingerprint density at radius 2 is 1.65 bits per heavy atom. The minimum absolute atomic E-state index is 0.252. The molecular formula is C15H18N2O2S. The van der Waals surface area contributed by atoms with Gasteiger partial charge in [-0.2, -0.15) is 0 Å². The van der Waals surface area contributed by atoms with Gasteiger partial charge in [-0.3, -0.25) is 4.72 Å². The van der Waals surface area contributed by atoms with Gasteiger partial charge < -0.3 is 5.32 Å². The van der Waals surface area contributed by atoms with Crippen molar-refractivity contribution in [2.75, 3.05) is 16.6 Å². The molecule has 2 rings (SSSR count). The van der Waals surface area contributed by atoms with Crippen LogP contribution >= 0.6 is 0 Å². The van der Waals surface area contributed by atoms with Gasteiger partial charge in [-0.15, -0.1) is 0 Å². The van der Waals surface area contributed by atoms with Gasteiger partial charge in [0.1, 0.15) is 0 Å². The van der Waals surface area contributed by atoms with Crippen LogP contribution in [0.4, 0.5) is 11.4 Å².